The lowest BCUT2D eigenvalue weighted by Gasteiger charge is -2.34. The van der Waals surface area contributed by atoms with Gasteiger partial charge in [-0.1, -0.05) is 6.07 Å². The fraction of sp³-hybridized carbons (Fsp3) is 0.533. The second-order valence-corrected chi connectivity index (χ2v) is 5.41. The Labute approximate surface area is 114 Å². The molecule has 2 rings (SSSR count). The minimum absolute atomic E-state index is 0.128. The number of carbonyl (C=O) groups is 1. The number of hydrogen-bond donors (Lipinski definition) is 0. The number of halogens is 1. The average Bonchev–Trinajstić information content (AvgIpc) is 2.41. The Bertz CT molecular complexity index is 444. The van der Waals surface area contributed by atoms with Crippen LogP contribution in [0.1, 0.15) is 40.7 Å². The molecule has 3 heteroatoms. The standard InChI is InChI=1S/C15H20ClNO/c1-11-6-7-13(9-12(11)2)15(18)17-8-4-3-5-14(17)10-16/h6-7,9,14H,3-5,8,10H2,1-2H3. The lowest BCUT2D eigenvalue weighted by atomic mass is 10.0. The predicted molar refractivity (Wildman–Crippen MR) is 75.3 cm³/mol. The molecule has 1 unspecified atom stereocenters. The number of likely N-dealkylation sites (tertiary alicyclic amines) is 1. The van der Waals surface area contributed by atoms with E-state index in [0.29, 0.717) is 5.88 Å². The van der Waals surface area contributed by atoms with E-state index in [1.807, 2.05) is 30.0 Å². The number of rotatable bonds is 2. The summed E-state index contributed by atoms with van der Waals surface area (Å²) in [6.45, 7) is 4.94. The molecule has 0 spiro atoms. The van der Waals surface area contributed by atoms with Gasteiger partial charge in [0.05, 0.1) is 0 Å². The van der Waals surface area contributed by atoms with E-state index in [0.717, 1.165) is 24.9 Å². The van der Waals surface area contributed by atoms with Gasteiger partial charge in [-0.2, -0.15) is 0 Å². The van der Waals surface area contributed by atoms with Gasteiger partial charge in [-0.25, -0.2) is 0 Å². The number of nitrogens with zero attached hydrogens (tertiary/aromatic N) is 1. The molecule has 1 amide bonds. The third kappa shape index (κ3) is 2.69. The van der Waals surface area contributed by atoms with Crippen LogP contribution < -0.4 is 0 Å². The second-order valence-electron chi connectivity index (χ2n) is 5.10. The molecule has 1 aromatic carbocycles. The molecule has 0 aliphatic carbocycles. The van der Waals surface area contributed by atoms with Crippen molar-refractivity contribution in [2.75, 3.05) is 12.4 Å². The molecular formula is C15H20ClNO. The number of hydrogen-bond acceptors (Lipinski definition) is 1. The van der Waals surface area contributed by atoms with E-state index in [1.54, 1.807) is 0 Å². The van der Waals surface area contributed by atoms with Crippen LogP contribution in [0, 0.1) is 13.8 Å². The largest absolute Gasteiger partial charge is 0.334 e. The molecule has 0 N–H and O–H groups in total. The highest BCUT2D eigenvalue weighted by Crippen LogP contribution is 2.21. The van der Waals surface area contributed by atoms with Gasteiger partial charge in [-0.3, -0.25) is 4.79 Å². The van der Waals surface area contributed by atoms with Crippen molar-refractivity contribution in [3.8, 4) is 0 Å². The summed E-state index contributed by atoms with van der Waals surface area (Å²) < 4.78 is 0. The van der Waals surface area contributed by atoms with Crippen molar-refractivity contribution in [3.05, 3.63) is 34.9 Å². The molecule has 1 aliphatic rings. The van der Waals surface area contributed by atoms with Gasteiger partial charge in [-0.15, -0.1) is 11.6 Å². The van der Waals surface area contributed by atoms with Gasteiger partial charge in [0.2, 0.25) is 0 Å². The average molecular weight is 266 g/mol. The highest BCUT2D eigenvalue weighted by Gasteiger charge is 2.26. The van der Waals surface area contributed by atoms with Crippen LogP contribution in [0.25, 0.3) is 0 Å². The van der Waals surface area contributed by atoms with Crippen molar-refractivity contribution in [1.29, 1.82) is 0 Å². The van der Waals surface area contributed by atoms with Gasteiger partial charge >= 0.3 is 0 Å². The fourth-order valence-corrected chi connectivity index (χ4v) is 2.79. The maximum Gasteiger partial charge on any atom is 0.254 e. The highest BCUT2D eigenvalue weighted by molar-refractivity contribution is 6.18. The molecule has 0 saturated carbocycles. The highest BCUT2D eigenvalue weighted by atomic mass is 35.5. The number of benzene rings is 1. The minimum atomic E-state index is 0.128. The van der Waals surface area contributed by atoms with Crippen LogP contribution in [0.3, 0.4) is 0 Å². The predicted octanol–water partition coefficient (Wildman–Crippen LogP) is 3.54. The van der Waals surface area contributed by atoms with E-state index in [9.17, 15) is 4.79 Å². The molecular weight excluding hydrogens is 246 g/mol. The molecule has 98 valence electrons. The Morgan fingerprint density at radius 1 is 1.33 bits per heavy atom. The maximum absolute atomic E-state index is 12.5. The first-order chi connectivity index (χ1) is 8.63. The van der Waals surface area contributed by atoms with Crippen molar-refractivity contribution >= 4 is 17.5 Å². The van der Waals surface area contributed by atoms with Crippen LogP contribution in [0.15, 0.2) is 18.2 Å². The van der Waals surface area contributed by atoms with Gasteiger partial charge in [0.1, 0.15) is 0 Å². The van der Waals surface area contributed by atoms with E-state index < -0.39 is 0 Å². The molecule has 1 heterocycles. The third-order valence-corrected chi connectivity index (χ3v) is 4.18. The van der Waals surface area contributed by atoms with Crippen LogP contribution >= 0.6 is 11.6 Å². The summed E-state index contributed by atoms with van der Waals surface area (Å²) in [5, 5.41) is 0. The Morgan fingerprint density at radius 2 is 2.11 bits per heavy atom. The first-order valence-corrected chi connectivity index (χ1v) is 7.11. The molecule has 0 radical (unpaired) electrons. The van der Waals surface area contributed by atoms with Crippen LogP contribution in [0.2, 0.25) is 0 Å². The first kappa shape index (κ1) is 13.4. The summed E-state index contributed by atoms with van der Waals surface area (Å²) in [5.41, 5.74) is 3.18. The van der Waals surface area contributed by atoms with Crippen molar-refractivity contribution in [1.82, 2.24) is 4.90 Å². The maximum atomic E-state index is 12.5. The molecule has 1 aliphatic heterocycles. The molecule has 1 fully saturated rings. The normalized spacial score (nSPS) is 19.9. The van der Waals surface area contributed by atoms with Crippen LogP contribution in [0.5, 0.6) is 0 Å². The summed E-state index contributed by atoms with van der Waals surface area (Å²) in [6.07, 6.45) is 3.29. The molecule has 2 nitrogen and oxygen atoms in total. The number of alkyl halides is 1. The topological polar surface area (TPSA) is 20.3 Å². The van der Waals surface area contributed by atoms with Gasteiger partial charge < -0.3 is 4.90 Å². The zero-order valence-electron chi connectivity index (χ0n) is 11.1. The summed E-state index contributed by atoms with van der Waals surface area (Å²) in [4.78, 5) is 14.4. The Balaban J connectivity index is 2.21. The molecule has 18 heavy (non-hydrogen) atoms. The third-order valence-electron chi connectivity index (χ3n) is 3.82. The second kappa shape index (κ2) is 5.75. The molecule has 0 bridgehead atoms. The van der Waals surface area contributed by atoms with Crippen LogP contribution in [-0.2, 0) is 0 Å². The molecule has 1 aromatic rings. The summed E-state index contributed by atoms with van der Waals surface area (Å²) in [5.74, 6) is 0.666. The quantitative estimate of drug-likeness (QED) is 0.749. The molecule has 1 atom stereocenters. The van der Waals surface area contributed by atoms with Crippen molar-refractivity contribution < 1.29 is 4.79 Å². The SMILES string of the molecule is Cc1ccc(C(=O)N2CCCCC2CCl)cc1C. The Kier molecular flexibility index (Phi) is 4.28. The lowest BCUT2D eigenvalue weighted by Crippen LogP contribution is -2.44. The first-order valence-electron chi connectivity index (χ1n) is 6.57. The van der Waals surface area contributed by atoms with Crippen molar-refractivity contribution in [3.63, 3.8) is 0 Å². The van der Waals surface area contributed by atoms with E-state index in [1.165, 1.54) is 17.5 Å². The smallest absolute Gasteiger partial charge is 0.254 e. The van der Waals surface area contributed by atoms with Crippen molar-refractivity contribution in [2.24, 2.45) is 0 Å². The Morgan fingerprint density at radius 3 is 2.78 bits per heavy atom. The van der Waals surface area contributed by atoms with Crippen LogP contribution in [0.4, 0.5) is 0 Å². The zero-order valence-corrected chi connectivity index (χ0v) is 11.8. The van der Waals surface area contributed by atoms with Crippen molar-refractivity contribution in [2.45, 2.75) is 39.2 Å². The minimum Gasteiger partial charge on any atom is -0.334 e. The van der Waals surface area contributed by atoms with E-state index in [-0.39, 0.29) is 11.9 Å². The van der Waals surface area contributed by atoms with Gasteiger partial charge in [-0.05, 0) is 56.4 Å². The van der Waals surface area contributed by atoms with Gasteiger partial charge in [0.25, 0.3) is 5.91 Å². The Hall–Kier alpha value is -1.02. The summed E-state index contributed by atoms with van der Waals surface area (Å²) in [6, 6.07) is 6.12. The number of piperidine rings is 1. The summed E-state index contributed by atoms with van der Waals surface area (Å²) >= 11 is 5.97. The van der Waals surface area contributed by atoms with Gasteiger partial charge in [0, 0.05) is 24.0 Å². The lowest BCUT2D eigenvalue weighted by molar-refractivity contribution is 0.0639. The van der Waals surface area contributed by atoms with E-state index in [4.69, 9.17) is 11.6 Å². The number of aryl methyl sites for hydroxylation is 2. The van der Waals surface area contributed by atoms with E-state index in [2.05, 4.69) is 6.92 Å². The summed E-state index contributed by atoms with van der Waals surface area (Å²) in [7, 11) is 0. The monoisotopic (exact) mass is 265 g/mol. The number of carbonyl (C=O) groups excluding carboxylic acids is 1. The molecule has 0 aromatic heterocycles. The van der Waals surface area contributed by atoms with E-state index >= 15 is 0 Å². The van der Waals surface area contributed by atoms with Gasteiger partial charge in [0.15, 0.2) is 0 Å². The number of amides is 1. The molecule has 1 saturated heterocycles. The fourth-order valence-electron chi connectivity index (χ4n) is 2.47. The zero-order chi connectivity index (χ0) is 13.1. The van der Waals surface area contributed by atoms with Crippen LogP contribution in [-0.4, -0.2) is 29.3 Å².